The summed E-state index contributed by atoms with van der Waals surface area (Å²) in [7, 11) is 0. The van der Waals surface area contributed by atoms with Crippen LogP contribution in [0.2, 0.25) is 0 Å². The third-order valence-corrected chi connectivity index (χ3v) is 4.45. The van der Waals surface area contributed by atoms with Gasteiger partial charge in [-0.3, -0.25) is 0 Å². The monoisotopic (exact) mass is 411 g/mol. The largest absolute Gasteiger partial charge is 0.479 e. The van der Waals surface area contributed by atoms with E-state index in [1.165, 1.54) is 12.1 Å². The van der Waals surface area contributed by atoms with Crippen LogP contribution in [0.25, 0.3) is 11.1 Å². The molecule has 0 bridgehead atoms. The Labute approximate surface area is 170 Å². The minimum atomic E-state index is -1.28. The minimum Gasteiger partial charge on any atom is -0.479 e. The Morgan fingerprint density at radius 1 is 1.00 bits per heavy atom. The third kappa shape index (κ3) is 4.97. The molecule has 0 saturated carbocycles. The number of carboxylic acids is 1. The first-order valence-electron chi connectivity index (χ1n) is 8.99. The summed E-state index contributed by atoms with van der Waals surface area (Å²) in [6.07, 6.45) is 0.160. The van der Waals surface area contributed by atoms with Crippen molar-refractivity contribution >= 4 is 5.97 Å². The van der Waals surface area contributed by atoms with E-state index < -0.39 is 30.0 Å². The molecule has 3 aromatic carbocycles. The number of nitrogens with zero attached hydrogens (tertiary/aromatic N) is 1. The molecule has 0 aliphatic carbocycles. The fourth-order valence-corrected chi connectivity index (χ4v) is 3.06. The van der Waals surface area contributed by atoms with E-state index in [2.05, 4.69) is 0 Å². The normalized spacial score (nSPS) is 10.5. The molecule has 0 spiro atoms. The van der Waals surface area contributed by atoms with E-state index in [9.17, 15) is 23.2 Å². The predicted molar refractivity (Wildman–Crippen MR) is 103 cm³/mol. The highest BCUT2D eigenvalue weighted by Crippen LogP contribution is 2.27. The lowest BCUT2D eigenvalue weighted by Crippen LogP contribution is -2.11. The van der Waals surface area contributed by atoms with E-state index in [1.807, 2.05) is 6.07 Å². The molecule has 0 aliphatic rings. The Morgan fingerprint density at radius 2 is 1.80 bits per heavy atom. The van der Waals surface area contributed by atoms with Gasteiger partial charge in [-0.05, 0) is 65.9 Å². The molecule has 0 unspecified atom stereocenters. The average Bonchev–Trinajstić information content (AvgIpc) is 2.72. The standard InChI is InChI=1S/C23H16F3NO3/c24-18-3-1-2-16(11-18)17-9-14(8-15(10-17)12-27)4-5-19-20(25)6-7-21(23(19)26)30-13-22(28)29/h1-3,6-11H,4-5,13H2,(H,28,29). The van der Waals surface area contributed by atoms with Gasteiger partial charge < -0.3 is 9.84 Å². The average molecular weight is 411 g/mol. The number of rotatable bonds is 7. The third-order valence-electron chi connectivity index (χ3n) is 4.45. The molecule has 3 rings (SSSR count). The highest BCUT2D eigenvalue weighted by atomic mass is 19.1. The van der Waals surface area contributed by atoms with Gasteiger partial charge in [-0.15, -0.1) is 0 Å². The molecule has 0 heterocycles. The maximum absolute atomic E-state index is 14.6. The lowest BCUT2D eigenvalue weighted by atomic mass is 9.96. The molecule has 1 N–H and O–H groups in total. The van der Waals surface area contributed by atoms with Crippen LogP contribution < -0.4 is 4.74 Å². The summed E-state index contributed by atoms with van der Waals surface area (Å²) in [4.78, 5) is 10.6. The number of aliphatic carboxylic acids is 1. The van der Waals surface area contributed by atoms with Crippen molar-refractivity contribution in [3.63, 3.8) is 0 Å². The fraction of sp³-hybridized carbons (Fsp3) is 0.130. The van der Waals surface area contributed by atoms with Crippen LogP contribution in [0.3, 0.4) is 0 Å². The van der Waals surface area contributed by atoms with Gasteiger partial charge in [0.05, 0.1) is 11.6 Å². The van der Waals surface area contributed by atoms with Gasteiger partial charge in [-0.1, -0.05) is 18.2 Å². The SMILES string of the molecule is N#Cc1cc(CCc2c(F)ccc(OCC(=O)O)c2F)cc(-c2cccc(F)c2)c1. The molecule has 0 atom stereocenters. The Kier molecular flexibility index (Phi) is 6.38. The van der Waals surface area contributed by atoms with Gasteiger partial charge in [0.15, 0.2) is 18.2 Å². The van der Waals surface area contributed by atoms with Gasteiger partial charge in [0.1, 0.15) is 11.6 Å². The van der Waals surface area contributed by atoms with Crippen LogP contribution in [-0.2, 0) is 17.6 Å². The van der Waals surface area contributed by atoms with Crippen molar-refractivity contribution in [1.82, 2.24) is 0 Å². The number of carbonyl (C=O) groups is 1. The summed E-state index contributed by atoms with van der Waals surface area (Å²) in [6.45, 7) is -0.747. The first kappa shape index (κ1) is 20.9. The van der Waals surface area contributed by atoms with Gasteiger partial charge in [0, 0.05) is 5.56 Å². The molecular formula is C23H16F3NO3. The zero-order chi connectivity index (χ0) is 21.7. The van der Waals surface area contributed by atoms with Crippen LogP contribution in [0.4, 0.5) is 13.2 Å². The van der Waals surface area contributed by atoms with Crippen LogP contribution in [0, 0.1) is 28.8 Å². The lowest BCUT2D eigenvalue weighted by Gasteiger charge is -2.11. The second-order valence-electron chi connectivity index (χ2n) is 6.56. The van der Waals surface area contributed by atoms with Gasteiger partial charge in [-0.2, -0.15) is 5.26 Å². The van der Waals surface area contributed by atoms with E-state index >= 15 is 0 Å². The lowest BCUT2D eigenvalue weighted by molar-refractivity contribution is -0.139. The minimum absolute atomic E-state index is 0.0423. The molecule has 0 aromatic heterocycles. The predicted octanol–water partition coefficient (Wildman–Crippen LogP) is 4.89. The van der Waals surface area contributed by atoms with Crippen molar-refractivity contribution in [2.75, 3.05) is 6.61 Å². The van der Waals surface area contributed by atoms with E-state index in [0.29, 0.717) is 22.3 Å². The molecule has 4 nitrogen and oxygen atoms in total. The van der Waals surface area contributed by atoms with Gasteiger partial charge in [0.25, 0.3) is 0 Å². The number of halogens is 3. The number of hydrogen-bond donors (Lipinski definition) is 1. The number of benzene rings is 3. The number of aryl methyl sites for hydroxylation is 1. The van der Waals surface area contributed by atoms with Crippen molar-refractivity contribution in [3.8, 4) is 22.9 Å². The molecular weight excluding hydrogens is 395 g/mol. The van der Waals surface area contributed by atoms with Crippen molar-refractivity contribution in [2.24, 2.45) is 0 Å². The van der Waals surface area contributed by atoms with Crippen molar-refractivity contribution in [3.05, 3.63) is 88.7 Å². The maximum Gasteiger partial charge on any atom is 0.341 e. The summed E-state index contributed by atoms with van der Waals surface area (Å²) >= 11 is 0. The molecule has 0 fully saturated rings. The fourth-order valence-electron chi connectivity index (χ4n) is 3.06. The van der Waals surface area contributed by atoms with E-state index in [1.54, 1.807) is 30.3 Å². The topological polar surface area (TPSA) is 70.3 Å². The smallest absolute Gasteiger partial charge is 0.341 e. The second-order valence-corrected chi connectivity index (χ2v) is 6.56. The van der Waals surface area contributed by atoms with E-state index in [0.717, 1.165) is 12.1 Å². The first-order valence-corrected chi connectivity index (χ1v) is 8.99. The van der Waals surface area contributed by atoms with Crippen molar-refractivity contribution in [2.45, 2.75) is 12.8 Å². The summed E-state index contributed by atoms with van der Waals surface area (Å²) in [6, 6.07) is 14.9. The highest BCUT2D eigenvalue weighted by Gasteiger charge is 2.16. The van der Waals surface area contributed by atoms with Crippen LogP contribution >= 0.6 is 0 Å². The summed E-state index contributed by atoms with van der Waals surface area (Å²) in [5.74, 6) is -3.78. The quantitative estimate of drug-likeness (QED) is 0.601. The van der Waals surface area contributed by atoms with Crippen LogP contribution in [0.1, 0.15) is 16.7 Å². The first-order chi connectivity index (χ1) is 14.4. The van der Waals surface area contributed by atoms with Crippen LogP contribution in [0.5, 0.6) is 5.75 Å². The summed E-state index contributed by atoms with van der Waals surface area (Å²) < 4.78 is 47.1. The Hall–Kier alpha value is -3.79. The summed E-state index contributed by atoms with van der Waals surface area (Å²) in [5.41, 5.74) is 1.93. The highest BCUT2D eigenvalue weighted by molar-refractivity contribution is 5.68. The molecule has 0 amide bonds. The molecule has 0 aliphatic heterocycles. The van der Waals surface area contributed by atoms with Gasteiger partial charge >= 0.3 is 5.97 Å². The zero-order valence-corrected chi connectivity index (χ0v) is 15.7. The van der Waals surface area contributed by atoms with Crippen molar-refractivity contribution in [1.29, 1.82) is 5.26 Å². The number of nitriles is 1. The Balaban J connectivity index is 1.87. The number of ether oxygens (including phenoxy) is 1. The number of hydrogen-bond acceptors (Lipinski definition) is 3. The molecule has 152 valence electrons. The van der Waals surface area contributed by atoms with Gasteiger partial charge in [-0.25, -0.2) is 18.0 Å². The molecule has 30 heavy (non-hydrogen) atoms. The molecule has 0 saturated heterocycles. The molecule has 3 aromatic rings. The zero-order valence-electron chi connectivity index (χ0n) is 15.7. The summed E-state index contributed by atoms with van der Waals surface area (Å²) in [5, 5.41) is 17.9. The molecule has 0 radical (unpaired) electrons. The molecule has 7 heteroatoms. The van der Waals surface area contributed by atoms with E-state index in [4.69, 9.17) is 9.84 Å². The van der Waals surface area contributed by atoms with Crippen molar-refractivity contribution < 1.29 is 27.8 Å². The Morgan fingerprint density at radius 3 is 2.50 bits per heavy atom. The second kappa shape index (κ2) is 9.14. The van der Waals surface area contributed by atoms with Crippen LogP contribution in [-0.4, -0.2) is 17.7 Å². The Bertz CT molecular complexity index is 1140. The number of carboxylic acid groups (broad SMARTS) is 1. The maximum atomic E-state index is 14.6. The van der Waals surface area contributed by atoms with E-state index in [-0.39, 0.29) is 24.2 Å². The van der Waals surface area contributed by atoms with Gasteiger partial charge in [0.2, 0.25) is 0 Å². The van der Waals surface area contributed by atoms with Crippen LogP contribution in [0.15, 0.2) is 54.6 Å².